The molecule has 3 aromatic heterocycles. The molecule has 0 saturated carbocycles. The molecule has 1 atom stereocenters. The monoisotopic (exact) mass is 697 g/mol. The lowest BCUT2D eigenvalue weighted by atomic mass is 9.84. The lowest BCUT2D eigenvalue weighted by Crippen LogP contribution is -2.44. The van der Waals surface area contributed by atoms with Gasteiger partial charge in [-0.1, -0.05) is 41.9 Å². The Labute approximate surface area is 284 Å². The smallest absolute Gasteiger partial charge is 0.343 e. The molecule has 4 aromatic rings. The minimum Gasteiger partial charge on any atom is -0.458 e. The normalized spacial score (nSPS) is 16.9. The van der Waals surface area contributed by atoms with E-state index in [1.54, 1.807) is 38.3 Å². The third-order valence-corrected chi connectivity index (χ3v) is 11.8. The average Bonchev–Trinajstić information content (AvgIpc) is 3.40. The highest BCUT2D eigenvalue weighted by atomic mass is 35.5. The maximum atomic E-state index is 13.7. The van der Waals surface area contributed by atoms with Crippen LogP contribution in [0.5, 0.6) is 11.8 Å². The van der Waals surface area contributed by atoms with Gasteiger partial charge in [-0.3, -0.25) is 4.79 Å². The Morgan fingerprint density at radius 3 is 2.72 bits per heavy atom. The largest absolute Gasteiger partial charge is 0.458 e. The van der Waals surface area contributed by atoms with E-state index in [1.807, 2.05) is 26.0 Å². The molecule has 6 rings (SSSR count). The topological polar surface area (TPSA) is 167 Å². The van der Waals surface area contributed by atoms with Crippen LogP contribution in [0.1, 0.15) is 62.8 Å². The van der Waals surface area contributed by atoms with Gasteiger partial charge in [0.05, 0.1) is 29.0 Å². The first kappa shape index (κ1) is 33.5. The Hall–Kier alpha value is -3.43. The lowest BCUT2D eigenvalue weighted by molar-refractivity contribution is -0.172. The molecule has 248 valence electrons. The van der Waals surface area contributed by atoms with Crippen LogP contribution in [0.4, 0.5) is 5.95 Å². The van der Waals surface area contributed by atoms with Crippen molar-refractivity contribution in [3.8, 4) is 23.1 Å². The number of nitrogens with one attached hydrogen (secondary N) is 1. The number of ether oxygens (including phenoxy) is 2. The molecule has 2 aliphatic heterocycles. The Morgan fingerprint density at radius 1 is 1.17 bits per heavy atom. The van der Waals surface area contributed by atoms with Crippen molar-refractivity contribution in [2.45, 2.75) is 70.5 Å². The van der Waals surface area contributed by atoms with E-state index in [0.717, 1.165) is 22.3 Å². The standard InChI is InChI=1S/C32H36ClN7O5S2/c1-5-9-32(43)22-13-24-25-20(14-40(24)26(41)21(22)15-44-27(32)42)18(6-2)19-12-17(7-8-23(19)36-25)45-30-38-28(33)37-29(39-30)35-10-11-46-47-31(3,4)16-34/h7-8,12-13,43H,5-6,9-11,14-16,34H2,1-4H3,(H,35,37,38,39)/t32-/m0/s1. The van der Waals surface area contributed by atoms with E-state index in [2.05, 4.69) is 34.1 Å². The minimum absolute atomic E-state index is 0.00199. The number of aromatic nitrogens is 5. The van der Waals surface area contributed by atoms with Gasteiger partial charge < -0.3 is 30.2 Å². The Morgan fingerprint density at radius 2 is 1.98 bits per heavy atom. The number of rotatable bonds is 12. The number of halogens is 1. The van der Waals surface area contributed by atoms with E-state index in [0.29, 0.717) is 72.2 Å². The molecule has 0 radical (unpaired) electrons. The van der Waals surface area contributed by atoms with Crippen LogP contribution in [0.3, 0.4) is 0 Å². The third kappa shape index (κ3) is 6.41. The first-order chi connectivity index (χ1) is 22.5. The predicted molar refractivity (Wildman–Crippen MR) is 185 cm³/mol. The summed E-state index contributed by atoms with van der Waals surface area (Å²) in [6.07, 6.45) is 1.35. The zero-order chi connectivity index (χ0) is 33.5. The van der Waals surface area contributed by atoms with E-state index in [4.69, 9.17) is 31.8 Å². The van der Waals surface area contributed by atoms with Crippen LogP contribution >= 0.6 is 33.2 Å². The summed E-state index contributed by atoms with van der Waals surface area (Å²) >= 11 is 6.20. The highest BCUT2D eigenvalue weighted by Gasteiger charge is 2.46. The number of hydrogen-bond donors (Lipinski definition) is 3. The molecule has 0 unspecified atom stereocenters. The van der Waals surface area contributed by atoms with Gasteiger partial charge in [0.2, 0.25) is 11.2 Å². The fourth-order valence-corrected chi connectivity index (χ4v) is 8.34. The summed E-state index contributed by atoms with van der Waals surface area (Å²) in [6.45, 7) is 9.47. The van der Waals surface area contributed by atoms with Crippen LogP contribution in [0, 0.1) is 0 Å². The average molecular weight is 698 g/mol. The molecule has 47 heavy (non-hydrogen) atoms. The highest BCUT2D eigenvalue weighted by molar-refractivity contribution is 8.77. The molecule has 0 saturated heterocycles. The molecule has 15 heteroatoms. The zero-order valence-electron chi connectivity index (χ0n) is 26.6. The van der Waals surface area contributed by atoms with Crippen molar-refractivity contribution in [2.75, 3.05) is 24.2 Å². The Bertz CT molecular complexity index is 1940. The quantitative estimate of drug-likeness (QED) is 0.0886. The van der Waals surface area contributed by atoms with Crippen molar-refractivity contribution < 1.29 is 19.4 Å². The van der Waals surface area contributed by atoms with Gasteiger partial charge in [-0.05, 0) is 68.1 Å². The van der Waals surface area contributed by atoms with Gasteiger partial charge >= 0.3 is 12.0 Å². The molecule has 5 heterocycles. The van der Waals surface area contributed by atoms with E-state index < -0.39 is 11.6 Å². The van der Waals surface area contributed by atoms with Gasteiger partial charge in [0, 0.05) is 40.1 Å². The molecule has 0 amide bonds. The van der Waals surface area contributed by atoms with Crippen molar-refractivity contribution in [2.24, 2.45) is 5.73 Å². The number of aryl methyl sites for hydroxylation is 1. The number of anilines is 1. The van der Waals surface area contributed by atoms with Crippen molar-refractivity contribution in [1.82, 2.24) is 24.5 Å². The van der Waals surface area contributed by atoms with Crippen LogP contribution in [0.25, 0.3) is 22.3 Å². The maximum Gasteiger partial charge on any atom is 0.343 e. The number of nitrogens with two attached hydrogens (primary N) is 1. The first-order valence-corrected chi connectivity index (χ1v) is 18.1. The number of esters is 1. The van der Waals surface area contributed by atoms with Crippen molar-refractivity contribution in [3.63, 3.8) is 0 Å². The third-order valence-electron chi connectivity index (χ3n) is 8.27. The number of benzene rings is 1. The number of hydrogen-bond acceptors (Lipinski definition) is 13. The summed E-state index contributed by atoms with van der Waals surface area (Å²) in [5.74, 6) is 0.869. The van der Waals surface area contributed by atoms with E-state index >= 15 is 0 Å². The van der Waals surface area contributed by atoms with Crippen LogP contribution in [0.15, 0.2) is 29.1 Å². The number of aliphatic hydroxyl groups is 1. The summed E-state index contributed by atoms with van der Waals surface area (Å²) in [5, 5.41) is 15.4. The fourth-order valence-electron chi connectivity index (χ4n) is 5.87. The van der Waals surface area contributed by atoms with E-state index in [9.17, 15) is 14.7 Å². The van der Waals surface area contributed by atoms with E-state index in [1.165, 1.54) is 0 Å². The highest BCUT2D eigenvalue weighted by Crippen LogP contribution is 2.41. The molecular weight excluding hydrogens is 662 g/mol. The predicted octanol–water partition coefficient (Wildman–Crippen LogP) is 5.19. The number of nitrogens with zero attached hydrogens (tertiary/aromatic N) is 5. The number of pyridine rings is 2. The number of cyclic esters (lactones) is 1. The zero-order valence-corrected chi connectivity index (χ0v) is 28.9. The molecule has 4 N–H and O–H groups in total. The summed E-state index contributed by atoms with van der Waals surface area (Å²) in [6, 6.07) is 7.27. The fraction of sp³-hybridized carbons (Fsp3) is 0.438. The minimum atomic E-state index is -1.87. The van der Waals surface area contributed by atoms with Gasteiger partial charge in [-0.2, -0.15) is 15.0 Å². The Balaban J connectivity index is 1.28. The molecule has 0 fully saturated rings. The number of fused-ring (bicyclic) bond motifs is 5. The summed E-state index contributed by atoms with van der Waals surface area (Å²) in [7, 11) is 3.45. The number of carbonyl (C=O) groups is 1. The first-order valence-electron chi connectivity index (χ1n) is 15.4. The second-order valence-corrected chi connectivity index (χ2v) is 15.5. The van der Waals surface area contributed by atoms with Crippen LogP contribution in [0.2, 0.25) is 5.28 Å². The van der Waals surface area contributed by atoms with Gasteiger partial charge in [0.1, 0.15) is 12.4 Å². The molecule has 0 aliphatic carbocycles. The molecule has 1 aromatic carbocycles. The van der Waals surface area contributed by atoms with Crippen molar-refractivity contribution in [3.05, 3.63) is 62.2 Å². The van der Waals surface area contributed by atoms with Gasteiger partial charge in [-0.15, -0.1) is 0 Å². The van der Waals surface area contributed by atoms with Crippen molar-refractivity contribution in [1.29, 1.82) is 0 Å². The molecular formula is C32H36ClN7O5S2. The van der Waals surface area contributed by atoms with Crippen LogP contribution < -0.4 is 21.3 Å². The second-order valence-electron chi connectivity index (χ2n) is 12.1. The van der Waals surface area contributed by atoms with Gasteiger partial charge in [0.25, 0.3) is 5.56 Å². The second kappa shape index (κ2) is 13.2. The van der Waals surface area contributed by atoms with Gasteiger partial charge in [-0.25, -0.2) is 9.78 Å². The molecule has 0 spiro atoms. The van der Waals surface area contributed by atoms with Crippen LogP contribution in [-0.4, -0.2) is 59.2 Å². The maximum absolute atomic E-state index is 13.7. The summed E-state index contributed by atoms with van der Waals surface area (Å²) in [5.41, 5.74) is 8.10. The summed E-state index contributed by atoms with van der Waals surface area (Å²) in [4.78, 5) is 44.0. The van der Waals surface area contributed by atoms with Crippen molar-refractivity contribution >= 4 is 56.0 Å². The lowest BCUT2D eigenvalue weighted by Gasteiger charge is -2.32. The summed E-state index contributed by atoms with van der Waals surface area (Å²) < 4.78 is 12.9. The number of carbonyl (C=O) groups excluding carboxylic acids is 1. The Kier molecular flexibility index (Phi) is 9.42. The van der Waals surface area contributed by atoms with Gasteiger partial charge in [0.15, 0.2) is 5.60 Å². The SMILES string of the molecule is CCC[C@@]1(O)C(=O)OCc2c1cc1n(c2=O)Cc2c-1nc1ccc(Oc3nc(Cl)nc(NCCSSC(C)(C)CN)n3)cc1c2CC. The molecule has 12 nitrogen and oxygen atoms in total. The van der Waals surface area contributed by atoms with Crippen LogP contribution in [-0.2, 0) is 34.7 Å². The molecule has 2 aliphatic rings. The molecule has 0 bridgehead atoms. The van der Waals surface area contributed by atoms with E-state index in [-0.39, 0.29) is 34.6 Å².